The van der Waals surface area contributed by atoms with Crippen molar-refractivity contribution in [1.29, 1.82) is 0 Å². The van der Waals surface area contributed by atoms with Crippen LogP contribution < -0.4 is 0 Å². The van der Waals surface area contributed by atoms with Gasteiger partial charge in [-0.15, -0.1) is 11.3 Å². The van der Waals surface area contributed by atoms with Crippen LogP contribution in [0.25, 0.3) is 0 Å². The van der Waals surface area contributed by atoms with Crippen LogP contribution in [0.1, 0.15) is 24.3 Å². The molecule has 64 valence electrons. The highest BCUT2D eigenvalue weighted by Gasteiger charge is 2.13. The molecule has 0 bridgehead atoms. The Bertz CT molecular complexity index is 274. The van der Waals surface area contributed by atoms with Crippen LogP contribution in [0.4, 0.5) is 0 Å². The van der Waals surface area contributed by atoms with Gasteiger partial charge in [0.25, 0.3) is 0 Å². The number of hydrogen-bond acceptors (Lipinski definition) is 2. The maximum atomic E-state index is 5.63. The molecule has 0 saturated heterocycles. The second kappa shape index (κ2) is 3.42. The smallest absolute Gasteiger partial charge is 0.110 e. The molecule has 0 radical (unpaired) electrons. The molecule has 0 aliphatic carbocycles. The van der Waals surface area contributed by atoms with Gasteiger partial charge in [-0.2, -0.15) is 0 Å². The van der Waals surface area contributed by atoms with Crippen LogP contribution in [0.5, 0.6) is 0 Å². The molecule has 1 unspecified atom stereocenters. The summed E-state index contributed by atoms with van der Waals surface area (Å²) >= 11 is 1.76. The Morgan fingerprint density at radius 2 is 2.50 bits per heavy atom. The van der Waals surface area contributed by atoms with Gasteiger partial charge in [-0.1, -0.05) is 17.7 Å². The third-order valence-corrected chi connectivity index (χ3v) is 2.99. The lowest BCUT2D eigenvalue weighted by Gasteiger charge is -2.18. The van der Waals surface area contributed by atoms with E-state index in [0.717, 1.165) is 13.0 Å². The molecule has 0 fully saturated rings. The van der Waals surface area contributed by atoms with Gasteiger partial charge >= 0.3 is 0 Å². The monoisotopic (exact) mass is 180 g/mol. The van der Waals surface area contributed by atoms with Gasteiger partial charge in [0.15, 0.2) is 0 Å². The lowest BCUT2D eigenvalue weighted by Crippen LogP contribution is -2.07. The van der Waals surface area contributed by atoms with Crippen LogP contribution in [-0.4, -0.2) is 6.61 Å². The van der Waals surface area contributed by atoms with Crippen LogP contribution in [-0.2, 0) is 4.74 Å². The van der Waals surface area contributed by atoms with Crippen molar-refractivity contribution >= 4 is 11.3 Å². The van der Waals surface area contributed by atoms with Crippen molar-refractivity contribution in [2.75, 3.05) is 6.61 Å². The summed E-state index contributed by atoms with van der Waals surface area (Å²) in [7, 11) is 0. The van der Waals surface area contributed by atoms with E-state index in [0.29, 0.717) is 0 Å². The molecular formula is C10H12OS. The molecule has 1 nitrogen and oxygen atoms in total. The van der Waals surface area contributed by atoms with E-state index in [4.69, 9.17) is 4.74 Å². The summed E-state index contributed by atoms with van der Waals surface area (Å²) in [5.74, 6) is 0. The van der Waals surface area contributed by atoms with E-state index < -0.39 is 0 Å². The highest BCUT2D eigenvalue weighted by atomic mass is 32.1. The normalized spacial score (nSPS) is 23.8. The van der Waals surface area contributed by atoms with Crippen LogP contribution in [0.2, 0.25) is 0 Å². The predicted molar refractivity (Wildman–Crippen MR) is 51.4 cm³/mol. The van der Waals surface area contributed by atoms with Crippen molar-refractivity contribution in [2.24, 2.45) is 0 Å². The summed E-state index contributed by atoms with van der Waals surface area (Å²) < 4.78 is 5.63. The summed E-state index contributed by atoms with van der Waals surface area (Å²) in [5.41, 5.74) is 1.44. The maximum Gasteiger partial charge on any atom is 0.110 e. The molecular weight excluding hydrogens is 168 g/mol. The van der Waals surface area contributed by atoms with Crippen LogP contribution in [0, 0.1) is 0 Å². The lowest BCUT2D eigenvalue weighted by molar-refractivity contribution is 0.0792. The van der Waals surface area contributed by atoms with Crippen molar-refractivity contribution in [3.8, 4) is 0 Å². The third kappa shape index (κ3) is 1.59. The second-order valence-electron chi connectivity index (χ2n) is 3.07. The van der Waals surface area contributed by atoms with E-state index in [1.165, 1.54) is 10.5 Å². The zero-order valence-electron chi connectivity index (χ0n) is 7.12. The number of ether oxygens (including phenoxy) is 1. The Balaban J connectivity index is 2.20. The fraction of sp³-hybridized carbons (Fsp3) is 0.400. The maximum absolute atomic E-state index is 5.63. The molecule has 2 heteroatoms. The Morgan fingerprint density at radius 3 is 3.17 bits per heavy atom. The summed E-state index contributed by atoms with van der Waals surface area (Å²) in [6.45, 7) is 3.04. The van der Waals surface area contributed by atoms with Crippen molar-refractivity contribution in [3.63, 3.8) is 0 Å². The Morgan fingerprint density at radius 1 is 1.58 bits per heavy atom. The average Bonchev–Trinajstić information content (AvgIpc) is 2.56. The van der Waals surface area contributed by atoms with E-state index in [1.54, 1.807) is 11.3 Å². The highest BCUT2D eigenvalue weighted by Crippen LogP contribution is 2.28. The molecule has 2 heterocycles. The standard InChI is InChI=1S/C10H12OS/c1-8-4-5-11-9(7-8)10-3-2-6-12-10/h2-3,6-7,9H,4-5H2,1H3. The SMILES string of the molecule is CC1=CC(c2cccs2)OCC1. The third-order valence-electron chi connectivity index (χ3n) is 2.05. The van der Waals surface area contributed by atoms with Gasteiger partial charge in [-0.05, 0) is 24.8 Å². The molecule has 0 spiro atoms. The summed E-state index contributed by atoms with van der Waals surface area (Å²) in [6.07, 6.45) is 3.52. The van der Waals surface area contributed by atoms with E-state index in [9.17, 15) is 0 Å². The zero-order valence-corrected chi connectivity index (χ0v) is 7.93. The van der Waals surface area contributed by atoms with E-state index in [1.807, 2.05) is 0 Å². The molecule has 0 amide bonds. The van der Waals surface area contributed by atoms with Crippen LogP contribution >= 0.6 is 11.3 Å². The summed E-state index contributed by atoms with van der Waals surface area (Å²) in [5, 5.41) is 2.09. The molecule has 1 aliphatic rings. The lowest BCUT2D eigenvalue weighted by atomic mass is 10.1. The Kier molecular flexibility index (Phi) is 2.28. The zero-order chi connectivity index (χ0) is 8.39. The molecule has 0 saturated carbocycles. The molecule has 1 aromatic heterocycles. The first-order valence-electron chi connectivity index (χ1n) is 4.18. The Hall–Kier alpha value is -0.600. The quantitative estimate of drug-likeness (QED) is 0.603. The minimum absolute atomic E-state index is 0.221. The topological polar surface area (TPSA) is 9.23 Å². The van der Waals surface area contributed by atoms with Gasteiger partial charge in [-0.25, -0.2) is 0 Å². The largest absolute Gasteiger partial charge is 0.368 e. The molecule has 0 N–H and O–H groups in total. The van der Waals surface area contributed by atoms with Gasteiger partial charge in [0.2, 0.25) is 0 Å². The predicted octanol–water partition coefficient (Wildman–Crippen LogP) is 3.16. The number of thiophene rings is 1. The number of hydrogen-bond donors (Lipinski definition) is 0. The highest BCUT2D eigenvalue weighted by molar-refractivity contribution is 7.10. The average molecular weight is 180 g/mol. The molecule has 1 atom stereocenters. The van der Waals surface area contributed by atoms with Crippen molar-refractivity contribution in [3.05, 3.63) is 34.0 Å². The van der Waals surface area contributed by atoms with Gasteiger partial charge in [0.1, 0.15) is 6.10 Å². The summed E-state index contributed by atoms with van der Waals surface area (Å²) in [6, 6.07) is 4.20. The molecule has 12 heavy (non-hydrogen) atoms. The first-order chi connectivity index (χ1) is 5.86. The minimum atomic E-state index is 0.221. The van der Waals surface area contributed by atoms with Crippen LogP contribution in [0.3, 0.4) is 0 Å². The van der Waals surface area contributed by atoms with E-state index in [2.05, 4.69) is 30.5 Å². The number of rotatable bonds is 1. The molecule has 0 aromatic carbocycles. The Labute approximate surface area is 76.7 Å². The van der Waals surface area contributed by atoms with Crippen molar-refractivity contribution < 1.29 is 4.74 Å². The molecule has 2 rings (SSSR count). The van der Waals surface area contributed by atoms with Gasteiger partial charge < -0.3 is 4.74 Å². The summed E-state index contributed by atoms with van der Waals surface area (Å²) in [4.78, 5) is 1.31. The van der Waals surface area contributed by atoms with Crippen molar-refractivity contribution in [2.45, 2.75) is 19.4 Å². The van der Waals surface area contributed by atoms with Gasteiger partial charge in [0, 0.05) is 4.88 Å². The first kappa shape index (κ1) is 8.02. The second-order valence-corrected chi connectivity index (χ2v) is 4.05. The van der Waals surface area contributed by atoms with Crippen molar-refractivity contribution in [1.82, 2.24) is 0 Å². The van der Waals surface area contributed by atoms with Gasteiger partial charge in [0.05, 0.1) is 6.61 Å². The fourth-order valence-electron chi connectivity index (χ4n) is 1.35. The van der Waals surface area contributed by atoms with E-state index in [-0.39, 0.29) is 6.10 Å². The minimum Gasteiger partial charge on any atom is -0.368 e. The van der Waals surface area contributed by atoms with Crippen LogP contribution in [0.15, 0.2) is 29.2 Å². The van der Waals surface area contributed by atoms with E-state index >= 15 is 0 Å². The first-order valence-corrected chi connectivity index (χ1v) is 5.06. The molecule has 1 aliphatic heterocycles. The van der Waals surface area contributed by atoms with Gasteiger partial charge in [-0.3, -0.25) is 0 Å². The molecule has 1 aromatic rings. The fourth-order valence-corrected chi connectivity index (χ4v) is 2.10.